The molecule has 0 aliphatic carbocycles. The van der Waals surface area contributed by atoms with Crippen molar-refractivity contribution in [3.8, 4) is 11.4 Å². The number of carbonyl (C=O) groups is 1. The Balaban J connectivity index is 2.03. The van der Waals surface area contributed by atoms with Crippen LogP contribution in [0.15, 0.2) is 60.0 Å². The molecular formula is C14H10N4O4S. The van der Waals surface area contributed by atoms with Gasteiger partial charge in [0.1, 0.15) is 6.33 Å². The Labute approximate surface area is 131 Å². The molecule has 0 spiro atoms. The summed E-state index contributed by atoms with van der Waals surface area (Å²) in [6, 6.07) is 8.42. The van der Waals surface area contributed by atoms with Crippen LogP contribution in [0.1, 0.15) is 10.4 Å². The summed E-state index contributed by atoms with van der Waals surface area (Å²) in [5, 5.41) is 12.9. The summed E-state index contributed by atoms with van der Waals surface area (Å²) in [7, 11) is -4.02. The smallest absolute Gasteiger partial charge is 0.335 e. The normalized spacial score (nSPS) is 11.3. The van der Waals surface area contributed by atoms with Crippen LogP contribution in [0.5, 0.6) is 0 Å². The predicted molar refractivity (Wildman–Crippen MR) is 79.2 cm³/mol. The Morgan fingerprint density at radius 2 is 2.00 bits per heavy atom. The lowest BCUT2D eigenvalue weighted by atomic mass is 10.2. The number of pyridine rings is 1. The first kappa shape index (κ1) is 14.9. The number of nitrogens with zero attached hydrogens (tertiary/aromatic N) is 4. The maximum absolute atomic E-state index is 12.5. The SMILES string of the molecule is O=C(O)c1cccc(S(=O)(=O)n2cnc(-c3cccnc3)n2)c1. The third kappa shape index (κ3) is 2.81. The van der Waals surface area contributed by atoms with E-state index in [0.717, 1.165) is 12.4 Å². The van der Waals surface area contributed by atoms with Gasteiger partial charge in [0.2, 0.25) is 0 Å². The van der Waals surface area contributed by atoms with Crippen molar-refractivity contribution >= 4 is 16.0 Å². The zero-order valence-electron chi connectivity index (χ0n) is 11.6. The number of hydrogen-bond donors (Lipinski definition) is 1. The van der Waals surface area contributed by atoms with Crippen LogP contribution in [-0.2, 0) is 10.0 Å². The molecule has 2 aromatic heterocycles. The fourth-order valence-electron chi connectivity index (χ4n) is 1.89. The number of rotatable bonds is 4. The fourth-order valence-corrected chi connectivity index (χ4v) is 2.99. The van der Waals surface area contributed by atoms with Crippen LogP contribution < -0.4 is 0 Å². The standard InChI is InChI=1S/C14H10N4O4S/c19-14(20)10-3-1-5-12(7-10)23(21,22)18-9-16-13(17-18)11-4-2-6-15-8-11/h1-9H,(H,19,20). The summed E-state index contributed by atoms with van der Waals surface area (Å²) >= 11 is 0. The van der Waals surface area contributed by atoms with Crippen LogP contribution in [0.4, 0.5) is 0 Å². The van der Waals surface area contributed by atoms with Crippen LogP contribution in [0.2, 0.25) is 0 Å². The number of carboxylic acid groups (broad SMARTS) is 1. The average molecular weight is 330 g/mol. The Morgan fingerprint density at radius 3 is 2.70 bits per heavy atom. The summed E-state index contributed by atoms with van der Waals surface area (Å²) in [4.78, 5) is 18.7. The molecule has 0 saturated heterocycles. The molecule has 8 nitrogen and oxygen atoms in total. The Kier molecular flexibility index (Phi) is 3.62. The highest BCUT2D eigenvalue weighted by Gasteiger charge is 2.20. The van der Waals surface area contributed by atoms with E-state index in [9.17, 15) is 13.2 Å². The molecule has 0 amide bonds. The fraction of sp³-hybridized carbons (Fsp3) is 0. The largest absolute Gasteiger partial charge is 0.478 e. The molecule has 0 aliphatic heterocycles. The molecule has 0 saturated carbocycles. The third-order valence-corrected chi connectivity index (χ3v) is 4.54. The number of hydrogen-bond acceptors (Lipinski definition) is 6. The molecule has 23 heavy (non-hydrogen) atoms. The van der Waals surface area contributed by atoms with Crippen molar-refractivity contribution in [1.29, 1.82) is 0 Å². The van der Waals surface area contributed by atoms with Crippen LogP contribution >= 0.6 is 0 Å². The van der Waals surface area contributed by atoms with Crippen molar-refractivity contribution in [1.82, 2.24) is 19.2 Å². The highest BCUT2D eigenvalue weighted by atomic mass is 32.2. The van der Waals surface area contributed by atoms with Crippen molar-refractivity contribution in [3.05, 3.63) is 60.7 Å². The lowest BCUT2D eigenvalue weighted by Gasteiger charge is -2.04. The van der Waals surface area contributed by atoms with Crippen molar-refractivity contribution in [2.24, 2.45) is 0 Å². The van der Waals surface area contributed by atoms with Crippen molar-refractivity contribution in [2.45, 2.75) is 4.90 Å². The molecule has 3 rings (SSSR count). The summed E-state index contributed by atoms with van der Waals surface area (Å²) in [5.41, 5.74) is 0.444. The summed E-state index contributed by atoms with van der Waals surface area (Å²) in [5.74, 6) is -1.01. The first-order chi connectivity index (χ1) is 11.0. The Bertz CT molecular complexity index is 967. The van der Waals surface area contributed by atoms with E-state index in [1.165, 1.54) is 24.4 Å². The molecule has 1 N–H and O–H groups in total. The first-order valence-electron chi connectivity index (χ1n) is 6.39. The minimum absolute atomic E-state index is 0.126. The molecule has 9 heteroatoms. The molecule has 0 unspecified atom stereocenters. The second-order valence-corrected chi connectivity index (χ2v) is 6.32. The summed E-state index contributed by atoms with van der Waals surface area (Å²) < 4.78 is 25.7. The number of aromatic nitrogens is 4. The van der Waals surface area contributed by atoms with Gasteiger partial charge in [0.15, 0.2) is 5.82 Å². The van der Waals surface area contributed by atoms with Gasteiger partial charge in [-0.2, -0.15) is 8.42 Å². The van der Waals surface area contributed by atoms with Gasteiger partial charge >= 0.3 is 5.97 Å². The van der Waals surface area contributed by atoms with E-state index in [4.69, 9.17) is 5.11 Å². The lowest BCUT2D eigenvalue weighted by molar-refractivity contribution is 0.0696. The van der Waals surface area contributed by atoms with E-state index in [-0.39, 0.29) is 16.3 Å². The van der Waals surface area contributed by atoms with E-state index >= 15 is 0 Å². The van der Waals surface area contributed by atoms with E-state index in [2.05, 4.69) is 15.1 Å². The van der Waals surface area contributed by atoms with Gasteiger partial charge in [-0.3, -0.25) is 4.98 Å². The van der Waals surface area contributed by atoms with Crippen molar-refractivity contribution in [3.63, 3.8) is 0 Å². The van der Waals surface area contributed by atoms with Gasteiger partial charge in [0.05, 0.1) is 10.5 Å². The Morgan fingerprint density at radius 1 is 1.17 bits per heavy atom. The van der Waals surface area contributed by atoms with Gasteiger partial charge in [0, 0.05) is 18.0 Å². The molecule has 1 aromatic carbocycles. The minimum Gasteiger partial charge on any atom is -0.478 e. The molecule has 3 aromatic rings. The molecule has 0 atom stereocenters. The van der Waals surface area contributed by atoms with E-state index in [0.29, 0.717) is 9.65 Å². The third-order valence-electron chi connectivity index (χ3n) is 3.02. The van der Waals surface area contributed by atoms with E-state index in [1.54, 1.807) is 18.3 Å². The zero-order chi connectivity index (χ0) is 16.4. The van der Waals surface area contributed by atoms with Gasteiger partial charge < -0.3 is 5.11 Å². The quantitative estimate of drug-likeness (QED) is 0.766. The van der Waals surface area contributed by atoms with Crippen LogP contribution in [-0.4, -0.2) is 38.6 Å². The molecule has 0 aliphatic rings. The van der Waals surface area contributed by atoms with Gasteiger partial charge in [-0.15, -0.1) is 9.19 Å². The lowest BCUT2D eigenvalue weighted by Crippen LogP contribution is -2.14. The van der Waals surface area contributed by atoms with Crippen LogP contribution in [0.3, 0.4) is 0 Å². The average Bonchev–Trinajstić information content (AvgIpc) is 3.06. The number of aromatic carboxylic acids is 1. The number of carboxylic acids is 1. The van der Waals surface area contributed by atoms with Gasteiger partial charge in [0.25, 0.3) is 10.0 Å². The zero-order valence-corrected chi connectivity index (χ0v) is 12.4. The molecule has 0 radical (unpaired) electrons. The Hall–Kier alpha value is -3.07. The monoisotopic (exact) mass is 330 g/mol. The highest BCUT2D eigenvalue weighted by molar-refractivity contribution is 7.89. The van der Waals surface area contributed by atoms with Crippen LogP contribution in [0, 0.1) is 0 Å². The topological polar surface area (TPSA) is 115 Å². The molecule has 2 heterocycles. The summed E-state index contributed by atoms with van der Waals surface area (Å²) in [6.07, 6.45) is 4.15. The maximum atomic E-state index is 12.5. The van der Waals surface area contributed by atoms with Gasteiger partial charge in [-0.05, 0) is 30.3 Å². The molecule has 0 bridgehead atoms. The summed E-state index contributed by atoms with van der Waals surface area (Å²) in [6.45, 7) is 0. The second-order valence-electron chi connectivity index (χ2n) is 4.52. The van der Waals surface area contributed by atoms with E-state index in [1.807, 2.05) is 0 Å². The van der Waals surface area contributed by atoms with Gasteiger partial charge in [-0.1, -0.05) is 6.07 Å². The molecular weight excluding hydrogens is 320 g/mol. The molecule has 116 valence electrons. The predicted octanol–water partition coefficient (Wildman–Crippen LogP) is 1.28. The highest BCUT2D eigenvalue weighted by Crippen LogP contribution is 2.17. The van der Waals surface area contributed by atoms with E-state index < -0.39 is 16.0 Å². The minimum atomic E-state index is -4.02. The van der Waals surface area contributed by atoms with Gasteiger partial charge in [-0.25, -0.2) is 9.78 Å². The maximum Gasteiger partial charge on any atom is 0.335 e. The van der Waals surface area contributed by atoms with Crippen LogP contribution in [0.25, 0.3) is 11.4 Å². The number of benzene rings is 1. The second kappa shape index (κ2) is 5.61. The molecule has 0 fully saturated rings. The van der Waals surface area contributed by atoms with Crippen molar-refractivity contribution < 1.29 is 18.3 Å². The first-order valence-corrected chi connectivity index (χ1v) is 7.83. The van der Waals surface area contributed by atoms with Crippen molar-refractivity contribution in [2.75, 3.05) is 0 Å².